The van der Waals surface area contributed by atoms with Gasteiger partial charge < -0.3 is 14.5 Å². The van der Waals surface area contributed by atoms with Crippen LogP contribution in [-0.2, 0) is 10.0 Å². The largest absolute Gasteiger partial charge is 0.495 e. The molecule has 0 atom stereocenters. The quantitative estimate of drug-likeness (QED) is 0.609. The molecule has 1 saturated heterocycles. The van der Waals surface area contributed by atoms with Gasteiger partial charge in [-0.3, -0.25) is 4.72 Å². The van der Waals surface area contributed by atoms with Crippen LogP contribution in [0.2, 0.25) is 0 Å². The minimum absolute atomic E-state index is 0.0613. The molecule has 10 heteroatoms. The number of anilines is 2. The molecule has 0 unspecified atom stereocenters. The number of likely N-dealkylation sites (N-methyl/N-ethyl adjacent to an activating group) is 1. The number of nitrogens with zero attached hydrogens (tertiary/aromatic N) is 4. The SMILES string of the molecule is COc1ccc(F)cc1S(=O)(=O)Nc1ccc(-c2ccc(N3CCN(C)CC3)nn2)cc1. The van der Waals surface area contributed by atoms with E-state index in [9.17, 15) is 12.8 Å². The summed E-state index contributed by atoms with van der Waals surface area (Å²) in [7, 11) is -0.598. The number of halogens is 1. The van der Waals surface area contributed by atoms with E-state index in [-0.39, 0.29) is 10.6 Å². The summed E-state index contributed by atoms with van der Waals surface area (Å²) >= 11 is 0. The van der Waals surface area contributed by atoms with Crippen LogP contribution in [0.5, 0.6) is 5.75 Å². The first-order valence-corrected chi connectivity index (χ1v) is 11.6. The Balaban J connectivity index is 1.48. The van der Waals surface area contributed by atoms with Crippen molar-refractivity contribution >= 4 is 21.5 Å². The summed E-state index contributed by atoms with van der Waals surface area (Å²) in [4.78, 5) is 4.21. The van der Waals surface area contributed by atoms with E-state index in [1.807, 2.05) is 12.1 Å². The van der Waals surface area contributed by atoms with Gasteiger partial charge in [-0.05, 0) is 49.5 Å². The van der Waals surface area contributed by atoms with Crippen LogP contribution in [-0.4, -0.2) is 63.9 Å². The second-order valence-corrected chi connectivity index (χ2v) is 9.20. The van der Waals surface area contributed by atoms with E-state index < -0.39 is 15.8 Å². The number of piperazine rings is 1. The fraction of sp³-hybridized carbons (Fsp3) is 0.273. The number of rotatable bonds is 6. The van der Waals surface area contributed by atoms with Crippen molar-refractivity contribution < 1.29 is 17.5 Å². The molecule has 0 spiro atoms. The first-order valence-electron chi connectivity index (χ1n) is 10.1. The Morgan fingerprint density at radius 1 is 0.969 bits per heavy atom. The van der Waals surface area contributed by atoms with Gasteiger partial charge in [0.1, 0.15) is 16.5 Å². The Bertz CT molecular complexity index is 1180. The van der Waals surface area contributed by atoms with Crippen LogP contribution < -0.4 is 14.4 Å². The third-order valence-electron chi connectivity index (χ3n) is 5.33. The zero-order valence-corrected chi connectivity index (χ0v) is 18.6. The summed E-state index contributed by atoms with van der Waals surface area (Å²) < 4.78 is 46.5. The lowest BCUT2D eigenvalue weighted by atomic mass is 10.1. The number of hydrogen-bond acceptors (Lipinski definition) is 7. The molecule has 4 rings (SSSR count). The van der Waals surface area contributed by atoms with E-state index in [1.165, 1.54) is 13.2 Å². The van der Waals surface area contributed by atoms with Crippen molar-refractivity contribution in [1.82, 2.24) is 15.1 Å². The van der Waals surface area contributed by atoms with E-state index in [0.717, 1.165) is 49.7 Å². The fourth-order valence-electron chi connectivity index (χ4n) is 3.46. The van der Waals surface area contributed by atoms with Gasteiger partial charge >= 0.3 is 0 Å². The van der Waals surface area contributed by atoms with Crippen molar-refractivity contribution in [3.8, 4) is 17.0 Å². The maximum Gasteiger partial charge on any atom is 0.265 e. The Hall–Kier alpha value is -3.24. The van der Waals surface area contributed by atoms with E-state index in [2.05, 4.69) is 31.8 Å². The van der Waals surface area contributed by atoms with E-state index >= 15 is 0 Å². The summed E-state index contributed by atoms with van der Waals surface area (Å²) in [6.45, 7) is 3.80. The zero-order chi connectivity index (χ0) is 22.7. The van der Waals surface area contributed by atoms with Gasteiger partial charge in [0.15, 0.2) is 5.82 Å². The highest BCUT2D eigenvalue weighted by molar-refractivity contribution is 7.92. The Kier molecular flexibility index (Phi) is 6.24. The molecular formula is C22H24FN5O3S. The van der Waals surface area contributed by atoms with E-state index in [1.54, 1.807) is 24.3 Å². The molecule has 0 amide bonds. The van der Waals surface area contributed by atoms with Crippen LogP contribution in [0.3, 0.4) is 0 Å². The molecule has 2 heterocycles. The minimum Gasteiger partial charge on any atom is -0.495 e. The molecule has 1 N–H and O–H groups in total. The van der Waals surface area contributed by atoms with Crippen LogP contribution in [0.25, 0.3) is 11.3 Å². The molecule has 0 aliphatic carbocycles. The molecule has 1 fully saturated rings. The fourth-order valence-corrected chi connectivity index (χ4v) is 4.70. The number of hydrogen-bond donors (Lipinski definition) is 1. The molecular weight excluding hydrogens is 433 g/mol. The van der Waals surface area contributed by atoms with Crippen molar-refractivity contribution in [2.75, 3.05) is 50.0 Å². The predicted molar refractivity (Wildman–Crippen MR) is 121 cm³/mol. The van der Waals surface area contributed by atoms with E-state index in [0.29, 0.717) is 11.4 Å². The summed E-state index contributed by atoms with van der Waals surface area (Å²) in [5.74, 6) is 0.238. The predicted octanol–water partition coefficient (Wildman–Crippen LogP) is 2.84. The molecule has 32 heavy (non-hydrogen) atoms. The molecule has 3 aromatic rings. The van der Waals surface area contributed by atoms with Gasteiger partial charge in [-0.15, -0.1) is 10.2 Å². The van der Waals surface area contributed by atoms with Gasteiger partial charge in [-0.1, -0.05) is 12.1 Å². The summed E-state index contributed by atoms with van der Waals surface area (Å²) in [6.07, 6.45) is 0. The van der Waals surface area contributed by atoms with Crippen molar-refractivity contribution in [3.63, 3.8) is 0 Å². The highest BCUT2D eigenvalue weighted by atomic mass is 32.2. The van der Waals surface area contributed by atoms with Crippen molar-refractivity contribution in [1.29, 1.82) is 0 Å². The Morgan fingerprint density at radius 3 is 2.31 bits per heavy atom. The first-order chi connectivity index (χ1) is 15.4. The number of methoxy groups -OCH3 is 1. The van der Waals surface area contributed by atoms with Gasteiger partial charge in [0.2, 0.25) is 0 Å². The smallest absolute Gasteiger partial charge is 0.265 e. The maximum absolute atomic E-state index is 13.6. The van der Waals surface area contributed by atoms with Gasteiger partial charge in [-0.2, -0.15) is 0 Å². The maximum atomic E-state index is 13.6. The lowest BCUT2D eigenvalue weighted by Crippen LogP contribution is -2.44. The van der Waals surface area contributed by atoms with Crippen molar-refractivity contribution in [3.05, 3.63) is 60.4 Å². The van der Waals surface area contributed by atoms with Crippen LogP contribution in [0, 0.1) is 5.82 Å². The Labute approximate surface area is 186 Å². The summed E-state index contributed by atoms with van der Waals surface area (Å²) in [6, 6.07) is 13.9. The third-order valence-corrected chi connectivity index (χ3v) is 6.73. The normalized spacial score (nSPS) is 14.9. The van der Waals surface area contributed by atoms with Crippen LogP contribution in [0.1, 0.15) is 0 Å². The number of aromatic nitrogens is 2. The standard InChI is InChI=1S/C22H24FN5O3S/c1-27-11-13-28(14-12-27)22-10-8-19(24-25-22)16-3-6-18(7-4-16)26-32(29,30)21-15-17(23)5-9-20(21)31-2/h3-10,15,26H,11-14H2,1-2H3. The lowest BCUT2D eigenvalue weighted by molar-refractivity contribution is 0.312. The van der Waals surface area contributed by atoms with Gasteiger partial charge in [0, 0.05) is 37.4 Å². The second-order valence-electron chi connectivity index (χ2n) is 7.55. The van der Waals surface area contributed by atoms with Crippen molar-refractivity contribution in [2.45, 2.75) is 4.90 Å². The number of sulfonamides is 1. The molecule has 1 aliphatic rings. The molecule has 8 nitrogen and oxygen atoms in total. The van der Waals surface area contributed by atoms with Crippen LogP contribution in [0.15, 0.2) is 59.5 Å². The molecule has 0 bridgehead atoms. The minimum atomic E-state index is -4.03. The van der Waals surface area contributed by atoms with Gasteiger partial charge in [0.05, 0.1) is 12.8 Å². The molecule has 0 saturated carbocycles. The average Bonchev–Trinajstić information content (AvgIpc) is 2.80. The molecule has 168 valence electrons. The number of ether oxygens (including phenoxy) is 1. The monoisotopic (exact) mass is 457 g/mol. The highest BCUT2D eigenvalue weighted by Gasteiger charge is 2.21. The topological polar surface area (TPSA) is 87.7 Å². The Morgan fingerprint density at radius 2 is 1.69 bits per heavy atom. The molecule has 1 aliphatic heterocycles. The molecule has 1 aromatic heterocycles. The van der Waals surface area contributed by atoms with Crippen LogP contribution in [0.4, 0.5) is 15.9 Å². The zero-order valence-electron chi connectivity index (χ0n) is 17.8. The molecule has 2 aromatic carbocycles. The van der Waals surface area contributed by atoms with Crippen molar-refractivity contribution in [2.24, 2.45) is 0 Å². The summed E-state index contributed by atoms with van der Waals surface area (Å²) in [5.41, 5.74) is 1.82. The van der Waals surface area contributed by atoms with Crippen LogP contribution >= 0.6 is 0 Å². The second kappa shape index (κ2) is 9.09. The number of benzene rings is 2. The number of nitrogens with one attached hydrogen (secondary N) is 1. The van der Waals surface area contributed by atoms with Gasteiger partial charge in [-0.25, -0.2) is 12.8 Å². The average molecular weight is 458 g/mol. The first kappa shape index (κ1) is 22.0. The van der Waals surface area contributed by atoms with Gasteiger partial charge in [0.25, 0.3) is 10.0 Å². The summed E-state index contributed by atoms with van der Waals surface area (Å²) in [5, 5.41) is 8.67. The highest BCUT2D eigenvalue weighted by Crippen LogP contribution is 2.27. The van der Waals surface area contributed by atoms with E-state index in [4.69, 9.17) is 4.74 Å². The lowest BCUT2D eigenvalue weighted by Gasteiger charge is -2.32. The molecule has 0 radical (unpaired) electrons. The third kappa shape index (κ3) is 4.81.